The van der Waals surface area contributed by atoms with Gasteiger partial charge in [0.2, 0.25) is 11.8 Å². The van der Waals surface area contributed by atoms with Crippen LogP contribution in [0.4, 0.5) is 0 Å². The van der Waals surface area contributed by atoms with Gasteiger partial charge in [0.1, 0.15) is 6.61 Å². The molecule has 170 valence electrons. The number of aliphatic hydroxyl groups is 1. The monoisotopic (exact) mass is 430 g/mol. The second-order valence-corrected chi connectivity index (χ2v) is 8.26. The van der Waals surface area contributed by atoms with Gasteiger partial charge >= 0.3 is 5.97 Å². The number of rotatable bonds is 6. The molecule has 1 heterocycles. The van der Waals surface area contributed by atoms with Crippen molar-refractivity contribution in [3.8, 4) is 0 Å². The Morgan fingerprint density at radius 1 is 1.23 bits per heavy atom. The Balaban J connectivity index is 2.05. The van der Waals surface area contributed by atoms with Crippen LogP contribution in [0.5, 0.6) is 0 Å². The van der Waals surface area contributed by atoms with E-state index in [2.05, 4.69) is 10.6 Å². The summed E-state index contributed by atoms with van der Waals surface area (Å²) >= 11 is 0. The smallest absolute Gasteiger partial charge is 0.309 e. The number of esters is 1. The fraction of sp³-hybridized carbons (Fsp3) is 0.542. The van der Waals surface area contributed by atoms with Gasteiger partial charge in [-0.2, -0.15) is 0 Å². The largest absolute Gasteiger partial charge is 0.463 e. The highest BCUT2D eigenvalue weighted by molar-refractivity contribution is 5.86. The zero-order valence-electron chi connectivity index (χ0n) is 18.4. The van der Waals surface area contributed by atoms with Crippen LogP contribution in [0.25, 0.3) is 0 Å². The zero-order chi connectivity index (χ0) is 22.6. The van der Waals surface area contributed by atoms with E-state index in [-0.39, 0.29) is 55.4 Å². The molecule has 0 aromatic heterocycles. The molecule has 0 aliphatic carbocycles. The Hall–Kier alpha value is -2.67. The lowest BCUT2D eigenvalue weighted by molar-refractivity contribution is -0.150. The normalized spacial score (nSPS) is 24.0. The van der Waals surface area contributed by atoms with Gasteiger partial charge in [-0.3, -0.25) is 14.4 Å². The van der Waals surface area contributed by atoms with Crippen LogP contribution in [0.3, 0.4) is 0 Å². The van der Waals surface area contributed by atoms with E-state index < -0.39 is 5.92 Å². The Morgan fingerprint density at radius 3 is 2.68 bits per heavy atom. The average molecular weight is 431 g/mol. The maximum Gasteiger partial charge on any atom is 0.309 e. The Kier molecular flexibility index (Phi) is 10.2. The highest BCUT2D eigenvalue weighted by Gasteiger charge is 2.25. The number of benzene rings is 1. The molecule has 7 heteroatoms. The van der Waals surface area contributed by atoms with Crippen molar-refractivity contribution in [1.29, 1.82) is 0 Å². The molecule has 0 radical (unpaired) electrons. The summed E-state index contributed by atoms with van der Waals surface area (Å²) in [5.74, 6) is -1.56. The number of allylic oxidation sites excluding steroid dienone is 2. The van der Waals surface area contributed by atoms with Gasteiger partial charge in [-0.25, -0.2) is 0 Å². The minimum absolute atomic E-state index is 0.0314. The quantitative estimate of drug-likeness (QED) is 0.474. The van der Waals surface area contributed by atoms with Gasteiger partial charge in [0.25, 0.3) is 0 Å². The van der Waals surface area contributed by atoms with Crippen molar-refractivity contribution in [1.82, 2.24) is 10.6 Å². The van der Waals surface area contributed by atoms with Crippen LogP contribution in [0.1, 0.15) is 45.1 Å². The van der Waals surface area contributed by atoms with Crippen LogP contribution in [0.2, 0.25) is 0 Å². The van der Waals surface area contributed by atoms with Crippen LogP contribution < -0.4 is 10.6 Å². The maximum absolute atomic E-state index is 12.7. The Labute approximate surface area is 184 Å². The molecule has 0 spiro atoms. The molecule has 4 unspecified atom stereocenters. The van der Waals surface area contributed by atoms with E-state index in [1.165, 1.54) is 0 Å². The van der Waals surface area contributed by atoms with E-state index >= 15 is 0 Å². The van der Waals surface area contributed by atoms with Crippen molar-refractivity contribution in [3.63, 3.8) is 0 Å². The van der Waals surface area contributed by atoms with Gasteiger partial charge in [-0.1, -0.05) is 42.5 Å². The minimum atomic E-state index is -0.527. The summed E-state index contributed by atoms with van der Waals surface area (Å²) in [7, 11) is 0. The number of ether oxygens (including phenoxy) is 1. The first-order valence-electron chi connectivity index (χ1n) is 10.9. The Bertz CT molecular complexity index is 750. The third kappa shape index (κ3) is 8.92. The van der Waals surface area contributed by atoms with Gasteiger partial charge < -0.3 is 20.5 Å². The van der Waals surface area contributed by atoms with Gasteiger partial charge in [0, 0.05) is 12.5 Å². The number of nitrogens with one attached hydrogen (secondary N) is 2. The average Bonchev–Trinajstić information content (AvgIpc) is 2.76. The molecule has 0 bridgehead atoms. The number of carbonyl (C=O) groups is 3. The first kappa shape index (κ1) is 24.6. The lowest BCUT2D eigenvalue weighted by Crippen LogP contribution is -2.43. The molecule has 2 amide bonds. The van der Waals surface area contributed by atoms with Crippen molar-refractivity contribution < 1.29 is 24.2 Å². The molecular formula is C24H34N2O5. The van der Waals surface area contributed by atoms with E-state index in [4.69, 9.17) is 9.84 Å². The van der Waals surface area contributed by atoms with Crippen molar-refractivity contribution >= 4 is 17.8 Å². The van der Waals surface area contributed by atoms with E-state index in [0.29, 0.717) is 25.7 Å². The van der Waals surface area contributed by atoms with Gasteiger partial charge in [-0.05, 0) is 45.1 Å². The van der Waals surface area contributed by atoms with Crippen molar-refractivity contribution in [2.75, 3.05) is 13.2 Å². The summed E-state index contributed by atoms with van der Waals surface area (Å²) in [6.45, 7) is 3.40. The fourth-order valence-electron chi connectivity index (χ4n) is 3.49. The third-order valence-electron chi connectivity index (χ3n) is 5.28. The lowest BCUT2D eigenvalue weighted by atomic mass is 9.94. The number of hydrogen-bond donors (Lipinski definition) is 3. The lowest BCUT2D eigenvalue weighted by Gasteiger charge is -2.21. The molecule has 4 atom stereocenters. The maximum atomic E-state index is 12.7. The van der Waals surface area contributed by atoms with Crippen LogP contribution >= 0.6 is 0 Å². The summed E-state index contributed by atoms with van der Waals surface area (Å²) in [5, 5.41) is 14.6. The molecule has 31 heavy (non-hydrogen) atoms. The zero-order valence-corrected chi connectivity index (χ0v) is 18.4. The summed E-state index contributed by atoms with van der Waals surface area (Å²) in [5.41, 5.74) is 1.09. The SMILES string of the molecule is CC(CO)NC(=O)CC1CC=CCCC(Cc2ccccc2)C(=O)OCC(C)NC1=O. The predicted molar refractivity (Wildman–Crippen MR) is 118 cm³/mol. The fourth-order valence-corrected chi connectivity index (χ4v) is 3.49. The second-order valence-electron chi connectivity index (χ2n) is 8.26. The highest BCUT2D eigenvalue weighted by atomic mass is 16.5. The van der Waals surface area contributed by atoms with E-state index in [1.807, 2.05) is 42.5 Å². The first-order chi connectivity index (χ1) is 14.9. The molecule has 3 N–H and O–H groups in total. The molecule has 7 nitrogen and oxygen atoms in total. The van der Waals surface area contributed by atoms with Crippen LogP contribution in [0.15, 0.2) is 42.5 Å². The minimum Gasteiger partial charge on any atom is -0.463 e. The second kappa shape index (κ2) is 12.9. The summed E-state index contributed by atoms with van der Waals surface area (Å²) in [6, 6.07) is 9.13. The molecule has 0 saturated heterocycles. The number of hydrogen-bond acceptors (Lipinski definition) is 5. The van der Waals surface area contributed by atoms with Crippen molar-refractivity contribution in [2.24, 2.45) is 11.8 Å². The molecule has 1 aliphatic heterocycles. The van der Waals surface area contributed by atoms with Gasteiger partial charge in [-0.15, -0.1) is 0 Å². The third-order valence-corrected chi connectivity index (χ3v) is 5.28. The number of aliphatic hydroxyl groups excluding tert-OH is 1. The van der Waals surface area contributed by atoms with Gasteiger partial charge in [0.05, 0.1) is 24.5 Å². The predicted octanol–water partition coefficient (Wildman–Crippen LogP) is 2.14. The standard InChI is InChI=1S/C24H34N2O5/c1-17(15-27)25-22(28)14-20-11-7-4-8-12-21(13-19-9-5-3-6-10-19)24(30)31-16-18(2)26-23(20)29/h3-7,9-10,17-18,20-21,27H,8,11-16H2,1-2H3,(H,25,28)(H,26,29). The van der Waals surface area contributed by atoms with Crippen LogP contribution in [0, 0.1) is 11.8 Å². The summed E-state index contributed by atoms with van der Waals surface area (Å²) < 4.78 is 5.50. The van der Waals surface area contributed by atoms with E-state index in [9.17, 15) is 14.4 Å². The topological polar surface area (TPSA) is 105 Å². The molecule has 1 aromatic rings. The summed E-state index contributed by atoms with van der Waals surface area (Å²) in [4.78, 5) is 37.5. The summed E-state index contributed by atoms with van der Waals surface area (Å²) in [6.07, 6.45) is 6.27. The van der Waals surface area contributed by atoms with Crippen LogP contribution in [-0.4, -0.2) is 48.2 Å². The highest BCUT2D eigenvalue weighted by Crippen LogP contribution is 2.18. The van der Waals surface area contributed by atoms with Gasteiger partial charge in [0.15, 0.2) is 0 Å². The van der Waals surface area contributed by atoms with E-state index in [0.717, 1.165) is 5.56 Å². The number of cyclic esters (lactones) is 1. The Morgan fingerprint density at radius 2 is 1.97 bits per heavy atom. The van der Waals surface area contributed by atoms with E-state index in [1.54, 1.807) is 13.8 Å². The first-order valence-corrected chi connectivity index (χ1v) is 10.9. The van der Waals surface area contributed by atoms with Crippen molar-refractivity contribution in [3.05, 3.63) is 48.0 Å². The van der Waals surface area contributed by atoms with Crippen LogP contribution in [-0.2, 0) is 25.5 Å². The number of carbonyl (C=O) groups excluding carboxylic acids is 3. The molecule has 0 fully saturated rings. The molecular weight excluding hydrogens is 396 g/mol. The molecule has 0 saturated carbocycles. The molecule has 1 aromatic carbocycles. The number of amides is 2. The molecule has 1 aliphatic rings. The van der Waals surface area contributed by atoms with Crippen molar-refractivity contribution in [2.45, 2.75) is 58.0 Å². The molecule has 2 rings (SSSR count).